The number of non-ortho nitro benzene ring substituents is 1. The van der Waals surface area contributed by atoms with E-state index in [-0.39, 0.29) is 23.4 Å². The SMILES string of the molecule is O=C1C(Cc2ccccc2)SC(=NN=Cc2ccc([N+](=O)[O-])cc2)N1Cc1ccco1. The van der Waals surface area contributed by atoms with E-state index in [2.05, 4.69) is 10.2 Å². The summed E-state index contributed by atoms with van der Waals surface area (Å²) in [5, 5.41) is 19.3. The number of nitrogens with zero attached hydrogens (tertiary/aromatic N) is 4. The first-order valence-corrected chi connectivity index (χ1v) is 10.4. The summed E-state index contributed by atoms with van der Waals surface area (Å²) in [5.41, 5.74) is 1.75. The van der Waals surface area contributed by atoms with Gasteiger partial charge in [-0.1, -0.05) is 42.1 Å². The van der Waals surface area contributed by atoms with Crippen LogP contribution in [-0.2, 0) is 17.8 Å². The zero-order chi connectivity index (χ0) is 21.6. The Labute approximate surface area is 182 Å². The standard InChI is InChI=1S/C22H18N4O4S/c27-21-20(13-16-5-2-1-3-6-16)31-22(25(21)15-19-7-4-12-30-19)24-23-14-17-8-10-18(11-9-17)26(28)29/h1-12,14,20H,13,15H2. The van der Waals surface area contributed by atoms with Gasteiger partial charge < -0.3 is 4.42 Å². The number of amidine groups is 1. The van der Waals surface area contributed by atoms with Gasteiger partial charge in [0.1, 0.15) is 5.76 Å². The molecule has 1 saturated heterocycles. The number of carbonyl (C=O) groups is 1. The molecular weight excluding hydrogens is 416 g/mol. The third-order valence-electron chi connectivity index (χ3n) is 4.63. The summed E-state index contributed by atoms with van der Waals surface area (Å²) in [6.45, 7) is 0.274. The third-order valence-corrected chi connectivity index (χ3v) is 5.80. The Morgan fingerprint density at radius 3 is 2.55 bits per heavy atom. The maximum absolute atomic E-state index is 13.0. The number of rotatable bonds is 7. The van der Waals surface area contributed by atoms with Crippen LogP contribution in [0, 0.1) is 10.1 Å². The topological polar surface area (TPSA) is 101 Å². The van der Waals surface area contributed by atoms with Crippen molar-refractivity contribution in [3.05, 3.63) is 100.0 Å². The lowest BCUT2D eigenvalue weighted by atomic mass is 10.1. The summed E-state index contributed by atoms with van der Waals surface area (Å²) in [7, 11) is 0. The fourth-order valence-electron chi connectivity index (χ4n) is 3.08. The van der Waals surface area contributed by atoms with Gasteiger partial charge in [0.2, 0.25) is 5.91 Å². The number of benzene rings is 2. The summed E-state index contributed by atoms with van der Waals surface area (Å²) in [6.07, 6.45) is 3.65. The molecule has 1 aromatic heterocycles. The molecule has 1 fully saturated rings. The number of thioether (sulfide) groups is 1. The Bertz CT molecular complexity index is 1110. The van der Waals surface area contributed by atoms with E-state index in [1.54, 1.807) is 35.4 Å². The molecule has 8 nitrogen and oxygen atoms in total. The van der Waals surface area contributed by atoms with Gasteiger partial charge in [0.15, 0.2) is 5.17 Å². The molecule has 1 unspecified atom stereocenters. The molecule has 1 aliphatic heterocycles. The molecule has 31 heavy (non-hydrogen) atoms. The molecule has 1 atom stereocenters. The van der Waals surface area contributed by atoms with Gasteiger partial charge in [0.25, 0.3) is 5.69 Å². The molecule has 0 spiro atoms. The first kappa shape index (κ1) is 20.5. The smallest absolute Gasteiger partial charge is 0.269 e. The van der Waals surface area contributed by atoms with E-state index >= 15 is 0 Å². The summed E-state index contributed by atoms with van der Waals surface area (Å²) in [5.74, 6) is 0.607. The van der Waals surface area contributed by atoms with Gasteiger partial charge in [-0.15, -0.1) is 5.10 Å². The van der Waals surface area contributed by atoms with Crippen LogP contribution in [-0.4, -0.2) is 32.4 Å². The van der Waals surface area contributed by atoms with Crippen LogP contribution in [0.25, 0.3) is 0 Å². The van der Waals surface area contributed by atoms with Crippen LogP contribution >= 0.6 is 11.8 Å². The normalized spacial score (nSPS) is 17.7. The zero-order valence-electron chi connectivity index (χ0n) is 16.3. The van der Waals surface area contributed by atoms with Crippen molar-refractivity contribution < 1.29 is 14.1 Å². The minimum atomic E-state index is -0.457. The number of hydrogen-bond acceptors (Lipinski definition) is 7. The van der Waals surface area contributed by atoms with Crippen molar-refractivity contribution in [3.63, 3.8) is 0 Å². The Balaban J connectivity index is 1.53. The van der Waals surface area contributed by atoms with E-state index in [1.165, 1.54) is 30.1 Å². The molecule has 9 heteroatoms. The monoisotopic (exact) mass is 434 g/mol. The highest BCUT2D eigenvalue weighted by molar-refractivity contribution is 8.15. The molecule has 1 amide bonds. The van der Waals surface area contributed by atoms with Gasteiger partial charge in [0.05, 0.1) is 29.2 Å². The van der Waals surface area contributed by atoms with Crippen LogP contribution < -0.4 is 0 Å². The van der Waals surface area contributed by atoms with E-state index in [0.29, 0.717) is 22.9 Å². The number of hydrogen-bond donors (Lipinski definition) is 0. The van der Waals surface area contributed by atoms with Crippen LogP contribution in [0.4, 0.5) is 5.69 Å². The van der Waals surface area contributed by atoms with Gasteiger partial charge in [-0.2, -0.15) is 5.10 Å². The minimum absolute atomic E-state index is 0.00813. The Hall–Kier alpha value is -3.72. The van der Waals surface area contributed by atoms with Crippen molar-refractivity contribution in [1.82, 2.24) is 4.90 Å². The average Bonchev–Trinajstić information content (AvgIpc) is 3.39. The number of furan rings is 1. The number of nitro groups is 1. The van der Waals surface area contributed by atoms with Gasteiger partial charge in [0, 0.05) is 12.1 Å². The van der Waals surface area contributed by atoms with Crippen molar-refractivity contribution in [2.24, 2.45) is 10.2 Å². The van der Waals surface area contributed by atoms with E-state index in [0.717, 1.165) is 5.56 Å². The molecule has 0 N–H and O–H groups in total. The molecule has 4 rings (SSSR count). The maximum Gasteiger partial charge on any atom is 0.269 e. The molecular formula is C22H18N4O4S. The number of carbonyl (C=O) groups excluding carboxylic acids is 1. The van der Waals surface area contributed by atoms with E-state index in [4.69, 9.17) is 4.42 Å². The molecule has 0 radical (unpaired) electrons. The summed E-state index contributed by atoms with van der Waals surface area (Å²) < 4.78 is 5.40. The lowest BCUT2D eigenvalue weighted by molar-refractivity contribution is -0.384. The summed E-state index contributed by atoms with van der Waals surface area (Å²) in [4.78, 5) is 24.9. The highest BCUT2D eigenvalue weighted by atomic mass is 32.2. The van der Waals surface area contributed by atoms with Crippen molar-refractivity contribution >= 4 is 34.7 Å². The number of amides is 1. The van der Waals surface area contributed by atoms with E-state index < -0.39 is 4.92 Å². The van der Waals surface area contributed by atoms with Crippen LogP contribution in [0.1, 0.15) is 16.9 Å². The lowest BCUT2D eigenvalue weighted by Gasteiger charge is -2.14. The van der Waals surface area contributed by atoms with Crippen molar-refractivity contribution in [2.75, 3.05) is 0 Å². The highest BCUT2D eigenvalue weighted by Gasteiger charge is 2.38. The molecule has 2 heterocycles. The largest absolute Gasteiger partial charge is 0.467 e. The number of nitro benzene ring substituents is 1. The Morgan fingerprint density at radius 1 is 1.10 bits per heavy atom. The zero-order valence-corrected chi connectivity index (χ0v) is 17.1. The molecule has 2 aromatic carbocycles. The first-order chi connectivity index (χ1) is 15.1. The molecule has 0 aliphatic carbocycles. The molecule has 3 aromatic rings. The fraction of sp³-hybridized carbons (Fsp3) is 0.136. The molecule has 0 bridgehead atoms. The van der Waals surface area contributed by atoms with E-state index in [1.807, 2.05) is 30.3 Å². The highest BCUT2D eigenvalue weighted by Crippen LogP contribution is 2.31. The second-order valence-corrected chi connectivity index (χ2v) is 7.95. The average molecular weight is 434 g/mol. The quantitative estimate of drug-likeness (QED) is 0.314. The molecule has 1 aliphatic rings. The van der Waals surface area contributed by atoms with Crippen molar-refractivity contribution in [2.45, 2.75) is 18.2 Å². The van der Waals surface area contributed by atoms with Crippen LogP contribution in [0.5, 0.6) is 0 Å². The van der Waals surface area contributed by atoms with Gasteiger partial charge in [-0.05, 0) is 41.8 Å². The van der Waals surface area contributed by atoms with Crippen LogP contribution in [0.15, 0.2) is 87.6 Å². The molecule has 156 valence electrons. The predicted molar refractivity (Wildman–Crippen MR) is 119 cm³/mol. The van der Waals surface area contributed by atoms with Gasteiger partial charge >= 0.3 is 0 Å². The summed E-state index contributed by atoms with van der Waals surface area (Å²) >= 11 is 1.37. The molecule has 0 saturated carbocycles. The fourth-order valence-corrected chi connectivity index (χ4v) is 4.21. The summed E-state index contributed by atoms with van der Waals surface area (Å²) in [6, 6.07) is 19.4. The Morgan fingerprint density at radius 2 is 1.87 bits per heavy atom. The van der Waals surface area contributed by atoms with Crippen molar-refractivity contribution in [3.8, 4) is 0 Å². The van der Waals surface area contributed by atoms with Crippen molar-refractivity contribution in [1.29, 1.82) is 0 Å². The first-order valence-electron chi connectivity index (χ1n) is 9.50. The second-order valence-electron chi connectivity index (χ2n) is 6.78. The minimum Gasteiger partial charge on any atom is -0.467 e. The Kier molecular flexibility index (Phi) is 6.23. The van der Waals surface area contributed by atoms with Crippen LogP contribution in [0.2, 0.25) is 0 Å². The lowest BCUT2D eigenvalue weighted by Crippen LogP contribution is -2.32. The second kappa shape index (κ2) is 9.40. The van der Waals surface area contributed by atoms with Gasteiger partial charge in [-0.3, -0.25) is 19.8 Å². The van der Waals surface area contributed by atoms with Gasteiger partial charge in [-0.25, -0.2) is 0 Å². The predicted octanol–water partition coefficient (Wildman–Crippen LogP) is 4.26. The third kappa shape index (κ3) is 5.07. The van der Waals surface area contributed by atoms with E-state index in [9.17, 15) is 14.9 Å². The van der Waals surface area contributed by atoms with Crippen LogP contribution in [0.3, 0.4) is 0 Å². The maximum atomic E-state index is 13.0.